The second-order valence-electron chi connectivity index (χ2n) is 8.43. The van der Waals surface area contributed by atoms with Crippen LogP contribution in [0.15, 0.2) is 31.6 Å². The van der Waals surface area contributed by atoms with Crippen LogP contribution in [0.2, 0.25) is 0 Å². The molecule has 16 heteroatoms. The molecule has 0 aliphatic carbocycles. The van der Waals surface area contributed by atoms with Crippen LogP contribution in [0.25, 0.3) is 0 Å². The van der Waals surface area contributed by atoms with E-state index in [1.54, 1.807) is 0 Å². The van der Waals surface area contributed by atoms with Crippen LogP contribution in [0, 0.1) is 0 Å². The summed E-state index contributed by atoms with van der Waals surface area (Å²) in [5, 5.41) is 56.6. The van der Waals surface area contributed by atoms with E-state index in [9.17, 15) is 39.6 Å². The van der Waals surface area contributed by atoms with Crippen molar-refractivity contribution in [3.8, 4) is 0 Å². The highest BCUT2D eigenvalue weighted by Gasteiger charge is 2.45. The maximum Gasteiger partial charge on any atom is 0.328 e. The van der Waals surface area contributed by atoms with Crippen molar-refractivity contribution < 1.29 is 40.1 Å². The zero-order chi connectivity index (χ0) is 26.9. The third-order valence-electron chi connectivity index (χ3n) is 5.97. The predicted octanol–water partition coefficient (Wildman–Crippen LogP) is -5.54. The fourth-order valence-electron chi connectivity index (χ4n) is 3.89. The molecule has 2 aliphatic rings. The van der Waals surface area contributed by atoms with Gasteiger partial charge in [-0.2, -0.15) is 0 Å². The molecule has 0 bridgehead atoms. The fourth-order valence-corrected chi connectivity index (χ4v) is 3.89. The van der Waals surface area contributed by atoms with Gasteiger partial charge in [0.25, 0.3) is 11.1 Å². The van der Waals surface area contributed by atoms with Crippen molar-refractivity contribution in [1.82, 2.24) is 19.1 Å². The van der Waals surface area contributed by atoms with Gasteiger partial charge in [0, 0.05) is 26.5 Å². The van der Waals surface area contributed by atoms with Gasteiger partial charge in [0.15, 0.2) is 0 Å². The summed E-state index contributed by atoms with van der Waals surface area (Å²) in [6, 6.07) is 0. The molecule has 0 unspecified atom stereocenters. The van der Waals surface area contributed by atoms with Crippen LogP contribution in [-0.4, -0.2) is 99.6 Å². The Morgan fingerprint density at radius 1 is 0.694 bits per heavy atom. The van der Waals surface area contributed by atoms with Crippen LogP contribution in [0.4, 0.5) is 0 Å². The number of ether oxygens (including phenoxy) is 2. The lowest BCUT2D eigenvalue weighted by Crippen LogP contribution is -2.35. The van der Waals surface area contributed by atoms with E-state index in [-0.39, 0.29) is 11.1 Å². The van der Waals surface area contributed by atoms with Gasteiger partial charge in [-0.15, -0.1) is 0 Å². The number of rotatable bonds is 4. The second kappa shape index (κ2) is 11.0. The molecule has 36 heavy (non-hydrogen) atoms. The lowest BCUT2D eigenvalue weighted by Gasteiger charge is -2.14. The van der Waals surface area contributed by atoms with Crippen molar-refractivity contribution >= 4 is 0 Å². The SMILES string of the molecule is Cn1cc([C@@H]2O[C@H](CO)[C@@H](O)[C@H]2O)c(=O)[nH]c1=O.Cn1cc([C@@H]2O[C@H](CO)[C@@H](O)[C@H]2O)c(=O)[nH]c1=O. The van der Waals surface area contributed by atoms with Gasteiger partial charge in [0.1, 0.15) is 48.8 Å². The molecule has 200 valence electrons. The van der Waals surface area contributed by atoms with E-state index in [0.717, 1.165) is 9.13 Å². The number of hydrogen-bond acceptors (Lipinski definition) is 12. The van der Waals surface area contributed by atoms with Crippen LogP contribution in [-0.2, 0) is 23.6 Å². The smallest absolute Gasteiger partial charge is 0.328 e. The van der Waals surface area contributed by atoms with Crippen molar-refractivity contribution in [2.75, 3.05) is 13.2 Å². The Morgan fingerprint density at radius 2 is 1.03 bits per heavy atom. The highest BCUT2D eigenvalue weighted by Crippen LogP contribution is 2.32. The van der Waals surface area contributed by atoms with E-state index in [0.29, 0.717) is 0 Å². The van der Waals surface area contributed by atoms with Crippen molar-refractivity contribution in [3.63, 3.8) is 0 Å². The first-order chi connectivity index (χ1) is 16.9. The third-order valence-corrected chi connectivity index (χ3v) is 5.97. The number of aromatic amines is 2. The van der Waals surface area contributed by atoms with Crippen molar-refractivity contribution in [2.24, 2.45) is 14.1 Å². The molecule has 2 fully saturated rings. The van der Waals surface area contributed by atoms with Gasteiger partial charge in [0.2, 0.25) is 0 Å². The summed E-state index contributed by atoms with van der Waals surface area (Å²) in [6.07, 6.45) is -6.82. The molecule has 4 rings (SSSR count). The largest absolute Gasteiger partial charge is 0.394 e. The molecule has 0 aromatic carbocycles. The summed E-state index contributed by atoms with van der Waals surface area (Å²) in [7, 11) is 2.87. The average molecular weight is 516 g/mol. The molecule has 2 aliphatic heterocycles. The molecule has 2 aromatic rings. The van der Waals surface area contributed by atoms with Crippen molar-refractivity contribution in [1.29, 1.82) is 0 Å². The quantitative estimate of drug-likeness (QED) is 0.189. The maximum atomic E-state index is 11.6. The van der Waals surface area contributed by atoms with Crippen molar-refractivity contribution in [3.05, 3.63) is 65.2 Å². The number of aliphatic hydroxyl groups is 6. The Kier molecular flexibility index (Phi) is 8.42. The highest BCUT2D eigenvalue weighted by molar-refractivity contribution is 5.15. The minimum absolute atomic E-state index is 0.0274. The molecule has 4 heterocycles. The third kappa shape index (κ3) is 5.25. The summed E-state index contributed by atoms with van der Waals surface area (Å²) >= 11 is 0. The number of hydrogen-bond donors (Lipinski definition) is 8. The Hall–Kier alpha value is -2.96. The average Bonchev–Trinajstić information content (AvgIpc) is 3.29. The molecular formula is C20H28N4O12. The molecule has 16 nitrogen and oxygen atoms in total. The molecule has 0 radical (unpaired) electrons. The molecule has 0 amide bonds. The molecular weight excluding hydrogens is 488 g/mol. The summed E-state index contributed by atoms with van der Waals surface area (Å²) in [5.41, 5.74) is -2.49. The zero-order valence-electron chi connectivity index (χ0n) is 19.2. The van der Waals surface area contributed by atoms with E-state index in [4.69, 9.17) is 19.7 Å². The molecule has 8 atom stereocenters. The zero-order valence-corrected chi connectivity index (χ0v) is 19.2. The first-order valence-electron chi connectivity index (χ1n) is 10.8. The van der Waals surface area contributed by atoms with Gasteiger partial charge in [-0.25, -0.2) is 9.59 Å². The monoisotopic (exact) mass is 516 g/mol. The van der Waals surface area contributed by atoms with Crippen molar-refractivity contribution in [2.45, 2.75) is 48.8 Å². The van der Waals surface area contributed by atoms with Crippen LogP contribution in [0.1, 0.15) is 23.3 Å². The number of nitrogens with zero attached hydrogens (tertiary/aromatic N) is 2. The highest BCUT2D eigenvalue weighted by atomic mass is 16.6. The summed E-state index contributed by atoms with van der Waals surface area (Å²) in [6.45, 7) is -0.948. The Balaban J connectivity index is 0.000000201. The second-order valence-corrected chi connectivity index (χ2v) is 8.43. The minimum Gasteiger partial charge on any atom is -0.394 e. The van der Waals surface area contributed by atoms with E-state index >= 15 is 0 Å². The van der Waals surface area contributed by atoms with E-state index < -0.39 is 84.5 Å². The normalized spacial score (nSPS) is 31.8. The number of H-pyrrole nitrogens is 2. The number of aromatic nitrogens is 4. The summed E-state index contributed by atoms with van der Waals surface area (Å²) in [4.78, 5) is 49.8. The van der Waals surface area contributed by atoms with Crippen LogP contribution in [0.5, 0.6) is 0 Å². The number of aryl methyl sites for hydroxylation is 2. The molecule has 8 N–H and O–H groups in total. The first-order valence-corrected chi connectivity index (χ1v) is 10.8. The van der Waals surface area contributed by atoms with Gasteiger partial charge in [-0.05, 0) is 0 Å². The number of aliphatic hydroxyl groups excluding tert-OH is 6. The first kappa shape index (κ1) is 27.6. The molecule has 2 aromatic heterocycles. The summed E-state index contributed by atoms with van der Waals surface area (Å²) < 4.78 is 12.7. The van der Waals surface area contributed by atoms with E-state index in [2.05, 4.69) is 9.97 Å². The fraction of sp³-hybridized carbons (Fsp3) is 0.600. The van der Waals surface area contributed by atoms with Gasteiger partial charge >= 0.3 is 11.4 Å². The van der Waals surface area contributed by atoms with Crippen LogP contribution in [0.3, 0.4) is 0 Å². The Morgan fingerprint density at radius 3 is 1.31 bits per heavy atom. The molecule has 0 spiro atoms. The predicted molar refractivity (Wildman–Crippen MR) is 118 cm³/mol. The lowest BCUT2D eigenvalue weighted by atomic mass is 10.0. The maximum absolute atomic E-state index is 11.6. The minimum atomic E-state index is -1.33. The van der Waals surface area contributed by atoms with Crippen LogP contribution >= 0.6 is 0 Å². The van der Waals surface area contributed by atoms with Gasteiger partial charge in [-0.1, -0.05) is 0 Å². The summed E-state index contributed by atoms with van der Waals surface area (Å²) in [5.74, 6) is 0. The van der Waals surface area contributed by atoms with Crippen LogP contribution < -0.4 is 22.5 Å². The Bertz CT molecular complexity index is 1200. The number of nitrogens with one attached hydrogen (secondary N) is 2. The molecule has 2 saturated heterocycles. The van der Waals surface area contributed by atoms with Gasteiger partial charge < -0.3 is 49.2 Å². The molecule has 0 saturated carbocycles. The van der Waals surface area contributed by atoms with E-state index in [1.165, 1.54) is 26.5 Å². The van der Waals surface area contributed by atoms with E-state index in [1.807, 2.05) is 0 Å². The topological polar surface area (TPSA) is 250 Å². The lowest BCUT2D eigenvalue weighted by molar-refractivity contribution is -0.0233. The van der Waals surface area contributed by atoms with Gasteiger partial charge in [0.05, 0.1) is 24.3 Å². The Labute approximate surface area is 201 Å². The standard InChI is InChI=1S/2C10H14N2O6/c2*1-12-2-4(9(16)11-10(12)17)8-7(15)6(14)5(3-13)18-8/h2*2,5-8,13-15H,3H2,1H3,(H,11,16,17)/t2*5-,6-,7-,8+/m11/s1. The van der Waals surface area contributed by atoms with Gasteiger partial charge in [-0.3, -0.25) is 19.6 Å².